The number of benzene rings is 2. The molecular weight excluding hydrogens is 408 g/mol. The lowest BCUT2D eigenvalue weighted by Gasteiger charge is -2.12. The van der Waals surface area contributed by atoms with Crippen LogP contribution in [-0.2, 0) is 7.05 Å². The highest BCUT2D eigenvalue weighted by molar-refractivity contribution is 7.07. The summed E-state index contributed by atoms with van der Waals surface area (Å²) in [5.41, 5.74) is 2.53. The van der Waals surface area contributed by atoms with Crippen LogP contribution in [0.1, 0.15) is 5.56 Å². The molecule has 0 spiro atoms. The van der Waals surface area contributed by atoms with Gasteiger partial charge in [-0.05, 0) is 29.8 Å². The maximum absolute atomic E-state index is 10.8. The second-order valence-electron chi connectivity index (χ2n) is 6.07. The van der Waals surface area contributed by atoms with E-state index in [-0.39, 0.29) is 5.69 Å². The fourth-order valence-corrected chi connectivity index (χ4v) is 3.66. The van der Waals surface area contributed by atoms with Crippen LogP contribution in [0.2, 0.25) is 0 Å². The highest BCUT2D eigenvalue weighted by atomic mass is 32.1. The molecule has 156 valence electrons. The van der Waals surface area contributed by atoms with E-state index in [1.54, 1.807) is 51.8 Å². The lowest BCUT2D eigenvalue weighted by Crippen LogP contribution is -2.10. The van der Waals surface area contributed by atoms with Crippen LogP contribution in [0, 0.1) is 10.1 Å². The molecule has 30 heavy (non-hydrogen) atoms. The van der Waals surface area contributed by atoms with E-state index in [2.05, 4.69) is 10.2 Å². The predicted octanol–water partition coefficient (Wildman–Crippen LogP) is 3.62. The predicted molar refractivity (Wildman–Crippen MR) is 115 cm³/mol. The van der Waals surface area contributed by atoms with Crippen molar-refractivity contribution in [3.05, 3.63) is 62.3 Å². The van der Waals surface area contributed by atoms with Gasteiger partial charge in [0, 0.05) is 30.1 Å². The topological polar surface area (TPSA) is 100 Å². The number of nitro groups is 1. The Labute approximate surface area is 176 Å². The molecule has 9 nitrogen and oxygen atoms in total. The fraction of sp³-hybridized carbons (Fsp3) is 0.200. The van der Waals surface area contributed by atoms with Gasteiger partial charge in [0.2, 0.25) is 10.6 Å². The van der Waals surface area contributed by atoms with Gasteiger partial charge in [0.05, 0.1) is 38.2 Å². The number of rotatable bonds is 7. The molecule has 0 fully saturated rings. The zero-order chi connectivity index (χ0) is 21.7. The maximum atomic E-state index is 10.8. The maximum Gasteiger partial charge on any atom is 0.269 e. The van der Waals surface area contributed by atoms with Gasteiger partial charge in [0.15, 0.2) is 11.5 Å². The van der Waals surface area contributed by atoms with Crippen LogP contribution in [0.15, 0.2) is 52.0 Å². The zero-order valence-corrected chi connectivity index (χ0v) is 17.7. The van der Waals surface area contributed by atoms with E-state index >= 15 is 0 Å². The third kappa shape index (κ3) is 4.33. The Bertz CT molecular complexity index is 1120. The molecule has 0 radical (unpaired) electrons. The molecule has 0 amide bonds. The first-order chi connectivity index (χ1) is 14.5. The van der Waals surface area contributed by atoms with Gasteiger partial charge in [0.25, 0.3) is 5.69 Å². The van der Waals surface area contributed by atoms with Crippen LogP contribution in [0.4, 0.5) is 5.69 Å². The third-order valence-corrected chi connectivity index (χ3v) is 5.24. The summed E-state index contributed by atoms with van der Waals surface area (Å²) in [6.45, 7) is 0. The summed E-state index contributed by atoms with van der Waals surface area (Å²) >= 11 is 1.42. The van der Waals surface area contributed by atoms with Crippen molar-refractivity contribution >= 4 is 23.2 Å². The van der Waals surface area contributed by atoms with Crippen molar-refractivity contribution in [2.75, 3.05) is 21.3 Å². The molecule has 0 aliphatic carbocycles. The van der Waals surface area contributed by atoms with E-state index in [0.29, 0.717) is 22.0 Å². The van der Waals surface area contributed by atoms with Gasteiger partial charge < -0.3 is 18.8 Å². The Morgan fingerprint density at radius 3 is 2.23 bits per heavy atom. The number of nitrogens with zero attached hydrogens (tertiary/aromatic N) is 4. The van der Waals surface area contributed by atoms with Crippen molar-refractivity contribution in [2.24, 2.45) is 17.3 Å². The molecule has 3 aromatic rings. The normalized spacial score (nSPS) is 11.7. The van der Waals surface area contributed by atoms with Crippen molar-refractivity contribution in [1.82, 2.24) is 4.57 Å². The summed E-state index contributed by atoms with van der Waals surface area (Å²) in [6.07, 6.45) is 1.59. The van der Waals surface area contributed by atoms with Crippen LogP contribution in [-0.4, -0.2) is 37.0 Å². The summed E-state index contributed by atoms with van der Waals surface area (Å²) < 4.78 is 17.9. The molecule has 0 saturated heterocycles. The first-order valence-corrected chi connectivity index (χ1v) is 9.63. The van der Waals surface area contributed by atoms with Gasteiger partial charge in [-0.15, -0.1) is 16.4 Å². The number of nitro benzene ring substituents is 1. The number of thiazole rings is 1. The number of non-ortho nitro benzene ring substituents is 1. The van der Waals surface area contributed by atoms with Crippen LogP contribution < -0.4 is 19.0 Å². The Kier molecular flexibility index (Phi) is 6.48. The van der Waals surface area contributed by atoms with Gasteiger partial charge >= 0.3 is 0 Å². The van der Waals surface area contributed by atoms with Crippen molar-refractivity contribution in [1.29, 1.82) is 0 Å². The Morgan fingerprint density at radius 1 is 1.07 bits per heavy atom. The van der Waals surface area contributed by atoms with Gasteiger partial charge in [-0.2, -0.15) is 5.10 Å². The van der Waals surface area contributed by atoms with E-state index in [9.17, 15) is 10.1 Å². The Morgan fingerprint density at radius 2 is 1.70 bits per heavy atom. The molecule has 3 rings (SSSR count). The molecule has 0 aliphatic rings. The lowest BCUT2D eigenvalue weighted by molar-refractivity contribution is -0.384. The minimum Gasteiger partial charge on any atom is -0.493 e. The monoisotopic (exact) mass is 428 g/mol. The van der Waals surface area contributed by atoms with Crippen molar-refractivity contribution < 1.29 is 19.1 Å². The average Bonchev–Trinajstić information content (AvgIpc) is 3.13. The molecular formula is C20H20N4O5S. The highest BCUT2D eigenvalue weighted by Crippen LogP contribution is 2.37. The zero-order valence-electron chi connectivity index (χ0n) is 16.9. The minimum atomic E-state index is -0.421. The van der Waals surface area contributed by atoms with E-state index < -0.39 is 4.92 Å². The Balaban J connectivity index is 1.88. The highest BCUT2D eigenvalue weighted by Gasteiger charge is 2.12. The van der Waals surface area contributed by atoms with Crippen LogP contribution in [0.3, 0.4) is 0 Å². The summed E-state index contributed by atoms with van der Waals surface area (Å²) in [7, 11) is 6.51. The molecule has 0 aliphatic heterocycles. The quantitative estimate of drug-likeness (QED) is 0.325. The number of ether oxygens (including phenoxy) is 3. The van der Waals surface area contributed by atoms with E-state index in [0.717, 1.165) is 16.8 Å². The standard InChI is InChI=1S/C20H20N4O5S/c1-23-16(14-5-7-15(8-6-14)24(25)26)12-30-20(23)22-21-11-13-9-17(27-2)19(29-4)18(10-13)28-3/h5-12H,1-4H3. The van der Waals surface area contributed by atoms with Gasteiger partial charge in [0.1, 0.15) is 0 Å². The number of hydrogen-bond donors (Lipinski definition) is 0. The van der Waals surface area contributed by atoms with Gasteiger partial charge in [-0.25, -0.2) is 0 Å². The average molecular weight is 428 g/mol. The number of methoxy groups -OCH3 is 3. The summed E-state index contributed by atoms with van der Waals surface area (Å²) in [6, 6.07) is 9.93. The van der Waals surface area contributed by atoms with Crippen LogP contribution in [0.5, 0.6) is 17.2 Å². The molecule has 0 atom stereocenters. The second-order valence-corrected chi connectivity index (χ2v) is 6.91. The van der Waals surface area contributed by atoms with Crippen LogP contribution in [0.25, 0.3) is 11.3 Å². The van der Waals surface area contributed by atoms with Crippen molar-refractivity contribution in [2.45, 2.75) is 0 Å². The summed E-state index contributed by atoms with van der Waals surface area (Å²) in [4.78, 5) is 11.1. The van der Waals surface area contributed by atoms with Crippen molar-refractivity contribution in [3.8, 4) is 28.5 Å². The Hall–Kier alpha value is -3.66. The van der Waals surface area contributed by atoms with E-state index in [1.807, 2.05) is 17.0 Å². The first kappa shape index (κ1) is 21.1. The fourth-order valence-electron chi connectivity index (χ4n) is 2.80. The van der Waals surface area contributed by atoms with E-state index in [4.69, 9.17) is 14.2 Å². The smallest absolute Gasteiger partial charge is 0.269 e. The number of hydrogen-bond acceptors (Lipinski definition) is 8. The molecule has 0 saturated carbocycles. The molecule has 10 heteroatoms. The largest absolute Gasteiger partial charge is 0.493 e. The van der Waals surface area contributed by atoms with Gasteiger partial charge in [-0.1, -0.05) is 0 Å². The lowest BCUT2D eigenvalue weighted by atomic mass is 10.1. The molecule has 0 N–H and O–H groups in total. The van der Waals surface area contributed by atoms with Crippen molar-refractivity contribution in [3.63, 3.8) is 0 Å². The first-order valence-electron chi connectivity index (χ1n) is 8.75. The second kappa shape index (κ2) is 9.23. The third-order valence-electron chi connectivity index (χ3n) is 4.34. The molecule has 0 bridgehead atoms. The molecule has 1 heterocycles. The molecule has 0 unspecified atom stereocenters. The summed E-state index contributed by atoms with van der Waals surface area (Å²) in [5.74, 6) is 1.56. The molecule has 1 aromatic heterocycles. The minimum absolute atomic E-state index is 0.0523. The summed E-state index contributed by atoms with van der Waals surface area (Å²) in [5, 5.41) is 21.2. The van der Waals surface area contributed by atoms with Crippen LogP contribution >= 0.6 is 11.3 Å². The SMILES string of the molecule is COc1cc(C=NN=c2scc(-c3ccc([N+](=O)[O-])cc3)n2C)cc(OC)c1OC. The van der Waals surface area contributed by atoms with Gasteiger partial charge in [-0.3, -0.25) is 10.1 Å². The number of aromatic nitrogens is 1. The molecule has 2 aromatic carbocycles. The van der Waals surface area contributed by atoms with E-state index in [1.165, 1.54) is 23.5 Å².